The number of aromatic nitrogens is 1. The lowest BCUT2D eigenvalue weighted by Crippen LogP contribution is -2.22. The highest BCUT2D eigenvalue weighted by Crippen LogP contribution is 2.32. The van der Waals surface area contributed by atoms with E-state index in [9.17, 15) is 14.9 Å². The van der Waals surface area contributed by atoms with Crippen LogP contribution in [0.5, 0.6) is 0 Å². The number of carbonyl (C=O) groups excluding carboxylic acids is 1. The molecular formula is C17H12ClN3O4. The van der Waals surface area contributed by atoms with Crippen LogP contribution >= 0.6 is 11.6 Å². The van der Waals surface area contributed by atoms with Gasteiger partial charge in [0.2, 0.25) is 0 Å². The Morgan fingerprint density at radius 1 is 1.28 bits per heavy atom. The van der Waals surface area contributed by atoms with Crippen molar-refractivity contribution in [3.63, 3.8) is 0 Å². The van der Waals surface area contributed by atoms with Gasteiger partial charge in [0, 0.05) is 36.6 Å². The number of nitrogens with one attached hydrogen (secondary N) is 1. The van der Waals surface area contributed by atoms with Gasteiger partial charge in [-0.25, -0.2) is 0 Å². The minimum atomic E-state index is -0.533. The molecule has 0 atom stereocenters. The van der Waals surface area contributed by atoms with Crippen molar-refractivity contribution in [3.8, 4) is 11.3 Å². The standard InChI is InChI=1S/C17H12ClN3O4/c18-14-8-12(21(23)24)3-4-13(14)15-5-6-16(25-15)17(22)20-10-11-2-1-7-19-9-11/h1-9H,10H2,(H,20,22). The molecule has 126 valence electrons. The van der Waals surface area contributed by atoms with Crippen LogP contribution in [0, 0.1) is 10.1 Å². The number of nitro groups is 1. The topological polar surface area (TPSA) is 98.3 Å². The van der Waals surface area contributed by atoms with Crippen LogP contribution in [0.1, 0.15) is 16.1 Å². The van der Waals surface area contributed by atoms with Crippen LogP contribution in [-0.2, 0) is 6.54 Å². The highest BCUT2D eigenvalue weighted by atomic mass is 35.5. The average molecular weight is 358 g/mol. The summed E-state index contributed by atoms with van der Waals surface area (Å²) in [7, 11) is 0. The first-order chi connectivity index (χ1) is 12.0. The molecule has 2 heterocycles. The summed E-state index contributed by atoms with van der Waals surface area (Å²) in [4.78, 5) is 26.3. The Morgan fingerprint density at radius 2 is 2.12 bits per heavy atom. The van der Waals surface area contributed by atoms with Crippen LogP contribution < -0.4 is 5.32 Å². The molecule has 0 aliphatic heterocycles. The van der Waals surface area contributed by atoms with Gasteiger partial charge >= 0.3 is 0 Å². The molecule has 3 rings (SSSR count). The molecule has 0 unspecified atom stereocenters. The van der Waals surface area contributed by atoms with Crippen LogP contribution in [0.25, 0.3) is 11.3 Å². The number of rotatable bonds is 5. The van der Waals surface area contributed by atoms with Gasteiger partial charge in [-0.15, -0.1) is 0 Å². The fourth-order valence-corrected chi connectivity index (χ4v) is 2.46. The molecule has 0 radical (unpaired) electrons. The Morgan fingerprint density at radius 3 is 2.80 bits per heavy atom. The molecular weight excluding hydrogens is 346 g/mol. The lowest BCUT2D eigenvalue weighted by Gasteiger charge is -2.03. The number of hydrogen-bond donors (Lipinski definition) is 1. The molecule has 7 nitrogen and oxygen atoms in total. The number of halogens is 1. The predicted molar refractivity (Wildman–Crippen MR) is 91.2 cm³/mol. The number of benzene rings is 1. The third-order valence-electron chi connectivity index (χ3n) is 3.43. The van der Waals surface area contributed by atoms with Gasteiger partial charge in [-0.3, -0.25) is 19.9 Å². The van der Waals surface area contributed by atoms with Crippen LogP contribution in [0.3, 0.4) is 0 Å². The monoisotopic (exact) mass is 357 g/mol. The van der Waals surface area contributed by atoms with E-state index >= 15 is 0 Å². The van der Waals surface area contributed by atoms with E-state index < -0.39 is 4.92 Å². The van der Waals surface area contributed by atoms with Gasteiger partial charge < -0.3 is 9.73 Å². The molecule has 0 bridgehead atoms. The Labute approximate surface area is 147 Å². The maximum absolute atomic E-state index is 12.1. The highest BCUT2D eigenvalue weighted by Gasteiger charge is 2.16. The fourth-order valence-electron chi connectivity index (χ4n) is 2.19. The number of amides is 1. The molecule has 0 saturated carbocycles. The molecule has 2 aromatic heterocycles. The summed E-state index contributed by atoms with van der Waals surface area (Å²) in [6.45, 7) is 0.320. The Bertz CT molecular complexity index is 925. The number of non-ortho nitro benzene ring substituents is 1. The zero-order valence-corrected chi connectivity index (χ0v) is 13.6. The third-order valence-corrected chi connectivity index (χ3v) is 3.75. The van der Waals surface area contributed by atoms with Gasteiger partial charge in [-0.2, -0.15) is 0 Å². The third kappa shape index (κ3) is 3.84. The second-order valence-electron chi connectivity index (χ2n) is 5.13. The number of furan rings is 1. The second kappa shape index (κ2) is 7.14. The van der Waals surface area contributed by atoms with Crippen molar-refractivity contribution >= 4 is 23.2 Å². The Balaban J connectivity index is 1.74. The summed E-state index contributed by atoms with van der Waals surface area (Å²) in [5, 5.41) is 13.6. The van der Waals surface area contributed by atoms with Crippen molar-refractivity contribution in [1.82, 2.24) is 10.3 Å². The first kappa shape index (κ1) is 16.7. The second-order valence-corrected chi connectivity index (χ2v) is 5.54. The predicted octanol–water partition coefficient (Wildman–Crippen LogP) is 3.83. The quantitative estimate of drug-likeness (QED) is 0.552. The van der Waals surface area contributed by atoms with Gasteiger partial charge in [0.05, 0.1) is 9.95 Å². The zero-order valence-electron chi connectivity index (χ0n) is 12.8. The number of hydrogen-bond acceptors (Lipinski definition) is 5. The van der Waals surface area contributed by atoms with Crippen molar-refractivity contribution in [2.45, 2.75) is 6.54 Å². The molecule has 1 N–H and O–H groups in total. The van der Waals surface area contributed by atoms with Gasteiger partial charge in [0.25, 0.3) is 11.6 Å². The molecule has 0 spiro atoms. The first-order valence-corrected chi connectivity index (χ1v) is 7.63. The molecule has 0 saturated heterocycles. The van der Waals surface area contributed by atoms with E-state index in [1.807, 2.05) is 6.07 Å². The molecule has 25 heavy (non-hydrogen) atoms. The van der Waals surface area contributed by atoms with E-state index in [0.29, 0.717) is 17.9 Å². The first-order valence-electron chi connectivity index (χ1n) is 7.26. The van der Waals surface area contributed by atoms with Crippen LogP contribution in [-0.4, -0.2) is 15.8 Å². The lowest BCUT2D eigenvalue weighted by molar-refractivity contribution is -0.384. The maximum atomic E-state index is 12.1. The van der Waals surface area contributed by atoms with Crippen LogP contribution in [0.4, 0.5) is 5.69 Å². The summed E-state index contributed by atoms with van der Waals surface area (Å²) >= 11 is 6.07. The smallest absolute Gasteiger partial charge is 0.287 e. The molecule has 1 aromatic carbocycles. The number of nitro benzene ring substituents is 1. The van der Waals surface area contributed by atoms with Crippen LogP contribution in [0.2, 0.25) is 5.02 Å². The minimum Gasteiger partial charge on any atom is -0.451 e. The van der Waals surface area contributed by atoms with Gasteiger partial charge in [-0.05, 0) is 29.8 Å². The number of pyridine rings is 1. The molecule has 8 heteroatoms. The summed E-state index contributed by atoms with van der Waals surface area (Å²) in [6.07, 6.45) is 3.31. The molecule has 0 aliphatic carbocycles. The molecule has 0 aliphatic rings. The summed E-state index contributed by atoms with van der Waals surface area (Å²) in [6, 6.07) is 10.8. The van der Waals surface area contributed by atoms with Gasteiger partial charge in [0.15, 0.2) is 5.76 Å². The van der Waals surface area contributed by atoms with Crippen molar-refractivity contribution in [1.29, 1.82) is 0 Å². The van der Waals surface area contributed by atoms with Crippen molar-refractivity contribution in [3.05, 3.63) is 81.3 Å². The molecule has 1 amide bonds. The largest absolute Gasteiger partial charge is 0.451 e. The summed E-state index contributed by atoms with van der Waals surface area (Å²) in [5.74, 6) is 0.0906. The minimum absolute atomic E-state index is 0.116. The Kier molecular flexibility index (Phi) is 4.76. The van der Waals surface area contributed by atoms with E-state index in [4.69, 9.17) is 16.0 Å². The van der Waals surface area contributed by atoms with E-state index in [2.05, 4.69) is 10.3 Å². The van der Waals surface area contributed by atoms with Gasteiger partial charge in [0.1, 0.15) is 5.76 Å². The number of nitrogens with zero attached hydrogens (tertiary/aromatic N) is 2. The van der Waals surface area contributed by atoms with E-state index in [1.165, 1.54) is 24.3 Å². The SMILES string of the molecule is O=C(NCc1cccnc1)c1ccc(-c2ccc([N+](=O)[O-])cc2Cl)o1. The van der Waals surface area contributed by atoms with Crippen molar-refractivity contribution in [2.75, 3.05) is 0 Å². The average Bonchev–Trinajstić information content (AvgIpc) is 3.10. The Hall–Kier alpha value is -3.19. The van der Waals surface area contributed by atoms with Crippen molar-refractivity contribution < 1.29 is 14.1 Å². The molecule has 3 aromatic rings. The van der Waals surface area contributed by atoms with E-state index in [1.54, 1.807) is 24.5 Å². The van der Waals surface area contributed by atoms with Crippen LogP contribution in [0.15, 0.2) is 59.3 Å². The van der Waals surface area contributed by atoms with E-state index in [-0.39, 0.29) is 22.4 Å². The maximum Gasteiger partial charge on any atom is 0.287 e. The fraction of sp³-hybridized carbons (Fsp3) is 0.0588. The summed E-state index contributed by atoms with van der Waals surface area (Å²) < 4.78 is 5.52. The van der Waals surface area contributed by atoms with Gasteiger partial charge in [-0.1, -0.05) is 17.7 Å². The normalized spacial score (nSPS) is 10.4. The lowest BCUT2D eigenvalue weighted by atomic mass is 10.1. The highest BCUT2D eigenvalue weighted by molar-refractivity contribution is 6.33. The van der Waals surface area contributed by atoms with Crippen molar-refractivity contribution in [2.24, 2.45) is 0 Å². The van der Waals surface area contributed by atoms with E-state index in [0.717, 1.165) is 5.56 Å². The molecule has 0 fully saturated rings. The zero-order chi connectivity index (χ0) is 17.8. The number of carbonyl (C=O) groups is 1. The summed E-state index contributed by atoms with van der Waals surface area (Å²) in [5.41, 5.74) is 1.22.